The van der Waals surface area contributed by atoms with Gasteiger partial charge in [0.05, 0.1) is 9.90 Å². The Morgan fingerprint density at radius 3 is 2.88 bits per heavy atom. The van der Waals surface area contributed by atoms with E-state index >= 15 is 0 Å². The summed E-state index contributed by atoms with van der Waals surface area (Å²) in [5, 5.41) is 3.29. The quantitative estimate of drug-likeness (QED) is 0.909. The molecular formula is C11H14Cl2N2OS. The molecule has 1 amide bonds. The van der Waals surface area contributed by atoms with E-state index in [4.69, 9.17) is 23.2 Å². The fourth-order valence-electron chi connectivity index (χ4n) is 2.01. The van der Waals surface area contributed by atoms with Gasteiger partial charge in [-0.3, -0.25) is 4.79 Å². The molecule has 0 radical (unpaired) electrons. The van der Waals surface area contributed by atoms with Crippen molar-refractivity contribution in [3.8, 4) is 0 Å². The smallest absolute Gasteiger partial charge is 0.256 e. The minimum atomic E-state index is -0.0492. The Morgan fingerprint density at radius 1 is 1.59 bits per heavy atom. The second kappa shape index (κ2) is 5.57. The van der Waals surface area contributed by atoms with Crippen molar-refractivity contribution in [1.82, 2.24) is 10.2 Å². The SMILES string of the molecule is CN(C(=O)c1cc(Cl)sc1Cl)C1CCCNC1. The standard InChI is InChI=1S/C11H14Cl2N2OS/c1-15(7-3-2-4-14-6-7)11(16)8-5-9(12)17-10(8)13/h5,7,14H,2-4,6H2,1H3. The van der Waals surface area contributed by atoms with Gasteiger partial charge in [0, 0.05) is 19.6 Å². The Kier molecular flexibility index (Phi) is 4.31. The molecule has 1 N–H and O–H groups in total. The number of hydrogen-bond donors (Lipinski definition) is 1. The van der Waals surface area contributed by atoms with E-state index in [2.05, 4.69) is 5.32 Å². The highest BCUT2D eigenvalue weighted by molar-refractivity contribution is 7.20. The Bertz CT molecular complexity index is 416. The number of carbonyl (C=O) groups is 1. The van der Waals surface area contributed by atoms with Crippen molar-refractivity contribution in [1.29, 1.82) is 0 Å². The largest absolute Gasteiger partial charge is 0.337 e. The minimum Gasteiger partial charge on any atom is -0.337 e. The maximum atomic E-state index is 12.2. The molecule has 1 unspecified atom stereocenters. The van der Waals surface area contributed by atoms with E-state index in [0.717, 1.165) is 25.9 Å². The van der Waals surface area contributed by atoms with Crippen LogP contribution in [0.3, 0.4) is 0 Å². The topological polar surface area (TPSA) is 32.3 Å². The number of nitrogens with one attached hydrogen (secondary N) is 1. The summed E-state index contributed by atoms with van der Waals surface area (Å²) in [5.41, 5.74) is 0.509. The average Bonchev–Trinajstić information content (AvgIpc) is 2.68. The molecule has 6 heteroatoms. The lowest BCUT2D eigenvalue weighted by Crippen LogP contribution is -2.46. The molecule has 2 rings (SSSR count). The molecule has 1 aromatic heterocycles. The summed E-state index contributed by atoms with van der Waals surface area (Å²) in [7, 11) is 1.82. The maximum Gasteiger partial charge on any atom is 0.256 e. The third-order valence-electron chi connectivity index (χ3n) is 3.03. The molecule has 0 aliphatic carbocycles. The van der Waals surface area contributed by atoms with Crippen LogP contribution in [0.5, 0.6) is 0 Å². The zero-order valence-electron chi connectivity index (χ0n) is 9.50. The van der Waals surface area contributed by atoms with Crippen molar-refractivity contribution in [3.63, 3.8) is 0 Å². The van der Waals surface area contributed by atoms with Crippen LogP contribution in [0.4, 0.5) is 0 Å². The van der Waals surface area contributed by atoms with Crippen molar-refractivity contribution in [2.45, 2.75) is 18.9 Å². The highest BCUT2D eigenvalue weighted by Gasteiger charge is 2.25. The van der Waals surface area contributed by atoms with Gasteiger partial charge in [0.25, 0.3) is 5.91 Å². The van der Waals surface area contributed by atoms with Gasteiger partial charge >= 0.3 is 0 Å². The van der Waals surface area contributed by atoms with Crippen molar-refractivity contribution < 1.29 is 4.79 Å². The summed E-state index contributed by atoms with van der Waals surface area (Å²) in [6, 6.07) is 1.88. The van der Waals surface area contributed by atoms with Crippen LogP contribution in [-0.2, 0) is 0 Å². The van der Waals surface area contributed by atoms with Crippen molar-refractivity contribution in [2.24, 2.45) is 0 Å². The summed E-state index contributed by atoms with van der Waals surface area (Å²) in [4.78, 5) is 14.0. The zero-order valence-corrected chi connectivity index (χ0v) is 11.8. The highest BCUT2D eigenvalue weighted by atomic mass is 35.5. The number of piperidine rings is 1. The van der Waals surface area contributed by atoms with Crippen LogP contribution in [0.25, 0.3) is 0 Å². The molecule has 1 saturated heterocycles. The van der Waals surface area contributed by atoms with Gasteiger partial charge < -0.3 is 10.2 Å². The van der Waals surface area contributed by atoms with Crippen LogP contribution in [0.1, 0.15) is 23.2 Å². The van der Waals surface area contributed by atoms with Crippen LogP contribution in [0.2, 0.25) is 8.67 Å². The van der Waals surface area contributed by atoms with Crippen molar-refractivity contribution in [2.75, 3.05) is 20.1 Å². The second-order valence-electron chi connectivity index (χ2n) is 4.15. The van der Waals surface area contributed by atoms with E-state index in [-0.39, 0.29) is 11.9 Å². The number of amides is 1. The molecule has 0 bridgehead atoms. The van der Waals surface area contributed by atoms with Gasteiger partial charge in [-0.05, 0) is 25.5 Å². The lowest BCUT2D eigenvalue weighted by Gasteiger charge is -2.31. The van der Waals surface area contributed by atoms with Gasteiger partial charge in [0.15, 0.2) is 0 Å². The van der Waals surface area contributed by atoms with Gasteiger partial charge in [-0.15, -0.1) is 11.3 Å². The summed E-state index contributed by atoms with van der Waals surface area (Å²) in [5.74, 6) is -0.0492. The predicted octanol–water partition coefficient (Wildman–Crippen LogP) is 2.88. The summed E-state index contributed by atoms with van der Waals surface area (Å²) < 4.78 is 1.02. The van der Waals surface area contributed by atoms with Crippen molar-refractivity contribution >= 4 is 40.4 Å². The molecule has 0 saturated carbocycles. The average molecular weight is 293 g/mol. The molecule has 2 heterocycles. The molecule has 1 aliphatic rings. The molecule has 17 heavy (non-hydrogen) atoms. The lowest BCUT2D eigenvalue weighted by atomic mass is 10.1. The maximum absolute atomic E-state index is 12.2. The number of rotatable bonds is 2. The number of carbonyl (C=O) groups excluding carboxylic acids is 1. The van der Waals surface area contributed by atoms with Gasteiger partial charge in [-0.2, -0.15) is 0 Å². The molecule has 1 fully saturated rings. The third-order valence-corrected chi connectivity index (χ3v) is 4.51. The van der Waals surface area contributed by atoms with E-state index in [1.165, 1.54) is 11.3 Å². The summed E-state index contributed by atoms with van der Waals surface area (Å²) in [6.07, 6.45) is 2.13. The number of hydrogen-bond acceptors (Lipinski definition) is 3. The normalized spacial score (nSPS) is 20.3. The van der Waals surface area contributed by atoms with Gasteiger partial charge in [0.2, 0.25) is 0 Å². The Hall–Kier alpha value is -0.290. The van der Waals surface area contributed by atoms with E-state index in [1.54, 1.807) is 11.0 Å². The predicted molar refractivity (Wildman–Crippen MR) is 72.3 cm³/mol. The summed E-state index contributed by atoms with van der Waals surface area (Å²) >= 11 is 13.1. The van der Waals surface area contributed by atoms with E-state index in [9.17, 15) is 4.79 Å². The summed E-state index contributed by atoms with van der Waals surface area (Å²) in [6.45, 7) is 1.88. The Balaban J connectivity index is 2.11. The van der Waals surface area contributed by atoms with Crippen LogP contribution < -0.4 is 5.32 Å². The van der Waals surface area contributed by atoms with Crippen LogP contribution in [0, 0.1) is 0 Å². The monoisotopic (exact) mass is 292 g/mol. The first-order valence-corrected chi connectivity index (χ1v) is 7.09. The van der Waals surface area contributed by atoms with Gasteiger partial charge in [0.1, 0.15) is 4.34 Å². The minimum absolute atomic E-state index is 0.0492. The first-order valence-electron chi connectivity index (χ1n) is 5.52. The third kappa shape index (κ3) is 2.94. The molecule has 0 aromatic carbocycles. The number of nitrogens with zero attached hydrogens (tertiary/aromatic N) is 1. The van der Waals surface area contributed by atoms with Gasteiger partial charge in [-0.1, -0.05) is 23.2 Å². The van der Waals surface area contributed by atoms with Crippen molar-refractivity contribution in [3.05, 3.63) is 20.3 Å². The Labute approximate surface area is 115 Å². The lowest BCUT2D eigenvalue weighted by molar-refractivity contribution is 0.0709. The van der Waals surface area contributed by atoms with Crippen LogP contribution in [0.15, 0.2) is 6.07 Å². The molecule has 1 aliphatic heterocycles. The number of halogens is 2. The number of thiophene rings is 1. The molecule has 0 spiro atoms. The van der Waals surface area contributed by atoms with Crippen LogP contribution >= 0.6 is 34.5 Å². The fraction of sp³-hybridized carbons (Fsp3) is 0.545. The fourth-order valence-corrected chi connectivity index (χ4v) is 3.45. The van der Waals surface area contributed by atoms with E-state index in [0.29, 0.717) is 14.2 Å². The Morgan fingerprint density at radius 2 is 2.35 bits per heavy atom. The molecule has 94 valence electrons. The van der Waals surface area contributed by atoms with Gasteiger partial charge in [-0.25, -0.2) is 0 Å². The first-order chi connectivity index (χ1) is 8.09. The molecule has 1 atom stereocenters. The van der Waals surface area contributed by atoms with E-state index in [1.807, 2.05) is 7.05 Å². The zero-order chi connectivity index (χ0) is 12.4. The molecule has 1 aromatic rings. The van der Waals surface area contributed by atoms with E-state index < -0.39 is 0 Å². The van der Waals surface area contributed by atoms with Crippen LogP contribution in [-0.4, -0.2) is 37.0 Å². The highest BCUT2D eigenvalue weighted by Crippen LogP contribution is 2.32. The second-order valence-corrected chi connectivity index (χ2v) is 6.44. The number of likely N-dealkylation sites (N-methyl/N-ethyl adjacent to an activating group) is 1. The molecular weight excluding hydrogens is 279 g/mol. The first kappa shape index (κ1) is 13.1. The molecule has 3 nitrogen and oxygen atoms in total.